The molecule has 2 heterocycles. The molecular weight excluding hydrogens is 270 g/mol. The van der Waals surface area contributed by atoms with Crippen LogP contribution in [0.4, 0.5) is 0 Å². The molecule has 0 radical (unpaired) electrons. The van der Waals surface area contributed by atoms with Crippen molar-refractivity contribution in [3.63, 3.8) is 0 Å². The molecule has 7 nitrogen and oxygen atoms in total. The van der Waals surface area contributed by atoms with E-state index >= 15 is 0 Å². The zero-order chi connectivity index (χ0) is 14.7. The van der Waals surface area contributed by atoms with E-state index in [4.69, 9.17) is 4.74 Å². The number of aromatic nitrogens is 4. The summed E-state index contributed by atoms with van der Waals surface area (Å²) in [6, 6.07) is 7.27. The lowest BCUT2D eigenvalue weighted by atomic mass is 10.1. The molecule has 0 saturated carbocycles. The van der Waals surface area contributed by atoms with Crippen molar-refractivity contribution in [2.24, 2.45) is 0 Å². The molecule has 0 aliphatic carbocycles. The van der Waals surface area contributed by atoms with E-state index < -0.39 is 0 Å². The number of benzene rings is 1. The lowest BCUT2D eigenvalue weighted by Gasteiger charge is -2.32. The van der Waals surface area contributed by atoms with Gasteiger partial charge in [0.1, 0.15) is 6.33 Å². The molecule has 110 valence electrons. The van der Waals surface area contributed by atoms with Gasteiger partial charge in [-0.3, -0.25) is 4.79 Å². The molecule has 21 heavy (non-hydrogen) atoms. The molecule has 1 unspecified atom stereocenters. The van der Waals surface area contributed by atoms with Crippen molar-refractivity contribution < 1.29 is 9.53 Å². The number of amides is 1. The van der Waals surface area contributed by atoms with E-state index in [1.54, 1.807) is 16.8 Å². The fourth-order valence-electron chi connectivity index (χ4n) is 2.37. The van der Waals surface area contributed by atoms with Gasteiger partial charge in [-0.1, -0.05) is 6.92 Å². The van der Waals surface area contributed by atoms with Gasteiger partial charge in [0.05, 0.1) is 18.4 Å². The van der Waals surface area contributed by atoms with E-state index in [2.05, 4.69) is 22.4 Å². The first-order valence-electron chi connectivity index (χ1n) is 7.02. The van der Waals surface area contributed by atoms with Crippen LogP contribution in [0.25, 0.3) is 5.69 Å². The van der Waals surface area contributed by atoms with Gasteiger partial charge in [0.2, 0.25) is 0 Å². The highest BCUT2D eigenvalue weighted by Crippen LogP contribution is 2.14. The summed E-state index contributed by atoms with van der Waals surface area (Å²) >= 11 is 0. The zero-order valence-electron chi connectivity index (χ0n) is 11.8. The third-order valence-electron chi connectivity index (χ3n) is 3.61. The first kappa shape index (κ1) is 13.7. The highest BCUT2D eigenvalue weighted by atomic mass is 16.5. The van der Waals surface area contributed by atoms with Gasteiger partial charge in [0.15, 0.2) is 0 Å². The van der Waals surface area contributed by atoms with Gasteiger partial charge in [-0.2, -0.15) is 0 Å². The van der Waals surface area contributed by atoms with E-state index in [1.165, 1.54) is 6.33 Å². The molecule has 1 aromatic heterocycles. The van der Waals surface area contributed by atoms with Gasteiger partial charge in [0.25, 0.3) is 5.91 Å². The monoisotopic (exact) mass is 287 g/mol. The van der Waals surface area contributed by atoms with Crippen molar-refractivity contribution >= 4 is 5.91 Å². The van der Waals surface area contributed by atoms with Crippen molar-refractivity contribution in [1.82, 2.24) is 25.1 Å². The average Bonchev–Trinajstić information content (AvgIpc) is 3.09. The number of carbonyl (C=O) groups excluding carboxylic acids is 1. The average molecular weight is 287 g/mol. The minimum Gasteiger partial charge on any atom is -0.375 e. The fourth-order valence-corrected chi connectivity index (χ4v) is 2.37. The Balaban J connectivity index is 1.73. The van der Waals surface area contributed by atoms with E-state index in [-0.39, 0.29) is 12.0 Å². The number of nitrogens with zero attached hydrogens (tertiary/aromatic N) is 5. The summed E-state index contributed by atoms with van der Waals surface area (Å²) < 4.78 is 7.14. The summed E-state index contributed by atoms with van der Waals surface area (Å²) in [7, 11) is 0. The quantitative estimate of drug-likeness (QED) is 0.839. The molecule has 2 aromatic rings. The Kier molecular flexibility index (Phi) is 3.92. The molecule has 1 fully saturated rings. The summed E-state index contributed by atoms with van der Waals surface area (Å²) in [4.78, 5) is 14.3. The minimum absolute atomic E-state index is 0.0417. The summed E-state index contributed by atoms with van der Waals surface area (Å²) in [5, 5.41) is 11.0. The van der Waals surface area contributed by atoms with E-state index in [0.717, 1.165) is 12.1 Å². The molecule has 1 aromatic carbocycles. The van der Waals surface area contributed by atoms with Crippen LogP contribution in [0.5, 0.6) is 0 Å². The van der Waals surface area contributed by atoms with Crippen molar-refractivity contribution in [2.75, 3.05) is 19.7 Å². The number of rotatable bonds is 3. The van der Waals surface area contributed by atoms with Crippen LogP contribution in [0, 0.1) is 0 Å². The molecule has 7 heteroatoms. The number of morpholine rings is 1. The number of hydrogen-bond acceptors (Lipinski definition) is 5. The Morgan fingerprint density at radius 2 is 2.19 bits per heavy atom. The molecule has 1 amide bonds. The highest BCUT2D eigenvalue weighted by molar-refractivity contribution is 5.94. The Labute approximate surface area is 122 Å². The molecular formula is C14H17N5O2. The maximum absolute atomic E-state index is 12.5. The number of carbonyl (C=O) groups is 1. The van der Waals surface area contributed by atoms with Crippen LogP contribution in [0.3, 0.4) is 0 Å². The summed E-state index contributed by atoms with van der Waals surface area (Å²) in [5.74, 6) is 0.0417. The van der Waals surface area contributed by atoms with E-state index in [0.29, 0.717) is 25.3 Å². The first-order valence-corrected chi connectivity index (χ1v) is 7.02. The SMILES string of the molecule is CCC1CN(C(=O)c2ccc(-n3cnnn3)cc2)CCO1. The summed E-state index contributed by atoms with van der Waals surface area (Å²) in [6.07, 6.45) is 2.58. The van der Waals surface area contributed by atoms with Crippen molar-refractivity contribution in [1.29, 1.82) is 0 Å². The molecule has 3 rings (SSSR count). The van der Waals surface area contributed by atoms with Crippen LogP contribution >= 0.6 is 0 Å². The molecule has 1 aliphatic heterocycles. The summed E-state index contributed by atoms with van der Waals surface area (Å²) in [6.45, 7) is 3.97. The van der Waals surface area contributed by atoms with Crippen LogP contribution in [0.1, 0.15) is 23.7 Å². The van der Waals surface area contributed by atoms with Crippen molar-refractivity contribution in [2.45, 2.75) is 19.4 Å². The smallest absolute Gasteiger partial charge is 0.254 e. The Morgan fingerprint density at radius 3 is 2.86 bits per heavy atom. The number of ether oxygens (including phenoxy) is 1. The predicted octanol–water partition coefficient (Wildman–Crippen LogP) is 0.913. The first-order chi connectivity index (χ1) is 10.3. The summed E-state index contributed by atoms with van der Waals surface area (Å²) in [5.41, 5.74) is 1.49. The Bertz CT molecular complexity index is 596. The molecule has 1 saturated heterocycles. The minimum atomic E-state index is 0.0417. The second kappa shape index (κ2) is 6.01. The molecule has 1 aliphatic rings. The van der Waals surface area contributed by atoms with Crippen LogP contribution in [0.2, 0.25) is 0 Å². The van der Waals surface area contributed by atoms with Crippen molar-refractivity contribution in [3.05, 3.63) is 36.2 Å². The second-order valence-corrected chi connectivity index (χ2v) is 4.95. The largest absolute Gasteiger partial charge is 0.375 e. The van der Waals surface area contributed by atoms with Gasteiger partial charge < -0.3 is 9.64 Å². The lowest BCUT2D eigenvalue weighted by molar-refractivity contribution is -0.0226. The molecule has 1 atom stereocenters. The van der Waals surface area contributed by atoms with E-state index in [1.807, 2.05) is 17.0 Å². The maximum Gasteiger partial charge on any atom is 0.254 e. The van der Waals surface area contributed by atoms with Gasteiger partial charge >= 0.3 is 0 Å². The number of tetrazole rings is 1. The van der Waals surface area contributed by atoms with Crippen LogP contribution in [-0.2, 0) is 4.74 Å². The third kappa shape index (κ3) is 2.92. The molecule has 0 spiro atoms. The number of hydrogen-bond donors (Lipinski definition) is 0. The van der Waals surface area contributed by atoms with Crippen molar-refractivity contribution in [3.8, 4) is 5.69 Å². The highest BCUT2D eigenvalue weighted by Gasteiger charge is 2.23. The zero-order valence-corrected chi connectivity index (χ0v) is 11.8. The topological polar surface area (TPSA) is 73.1 Å². The normalized spacial score (nSPS) is 18.7. The van der Waals surface area contributed by atoms with Crippen LogP contribution in [0.15, 0.2) is 30.6 Å². The van der Waals surface area contributed by atoms with Gasteiger partial charge in [-0.05, 0) is 41.1 Å². The molecule has 0 bridgehead atoms. The Hall–Kier alpha value is -2.28. The maximum atomic E-state index is 12.5. The third-order valence-corrected chi connectivity index (χ3v) is 3.61. The van der Waals surface area contributed by atoms with Crippen LogP contribution in [-0.4, -0.2) is 56.8 Å². The van der Waals surface area contributed by atoms with E-state index in [9.17, 15) is 4.79 Å². The van der Waals surface area contributed by atoms with Gasteiger partial charge in [-0.25, -0.2) is 4.68 Å². The van der Waals surface area contributed by atoms with Gasteiger partial charge in [-0.15, -0.1) is 5.10 Å². The van der Waals surface area contributed by atoms with Crippen LogP contribution < -0.4 is 0 Å². The van der Waals surface area contributed by atoms with Gasteiger partial charge in [0, 0.05) is 18.7 Å². The Morgan fingerprint density at radius 1 is 1.38 bits per heavy atom. The second-order valence-electron chi connectivity index (χ2n) is 4.95. The lowest BCUT2D eigenvalue weighted by Crippen LogP contribution is -2.45. The standard InChI is InChI=1S/C14H17N5O2/c1-2-13-9-18(7-8-21-13)14(20)11-3-5-12(6-4-11)19-10-15-16-17-19/h3-6,10,13H,2,7-9H2,1H3. The predicted molar refractivity (Wildman–Crippen MR) is 75.1 cm³/mol. The fraction of sp³-hybridized carbons (Fsp3) is 0.429. The molecule has 0 N–H and O–H groups in total.